The van der Waals surface area contributed by atoms with Crippen molar-refractivity contribution in [3.63, 3.8) is 0 Å². The fourth-order valence-electron chi connectivity index (χ4n) is 3.56. The van der Waals surface area contributed by atoms with Gasteiger partial charge in [0.05, 0.1) is 17.9 Å². The molecule has 2 fully saturated rings. The van der Waals surface area contributed by atoms with Crippen molar-refractivity contribution in [3.8, 4) is 0 Å². The molecule has 0 amide bonds. The summed E-state index contributed by atoms with van der Waals surface area (Å²) in [6, 6.07) is 2.27. The number of imidazole rings is 1. The first kappa shape index (κ1) is 16.2. The van der Waals surface area contributed by atoms with E-state index in [2.05, 4.69) is 47.8 Å². The summed E-state index contributed by atoms with van der Waals surface area (Å²) in [7, 11) is 2.01. The van der Waals surface area contributed by atoms with Crippen LogP contribution in [0.2, 0.25) is 0 Å². The second kappa shape index (κ2) is 5.92. The summed E-state index contributed by atoms with van der Waals surface area (Å²) >= 11 is 0. The molecule has 3 heterocycles. The lowest BCUT2D eigenvalue weighted by atomic mass is 10.1. The van der Waals surface area contributed by atoms with E-state index in [9.17, 15) is 0 Å². The van der Waals surface area contributed by atoms with E-state index in [0.29, 0.717) is 5.92 Å². The standard InChI is InChI=1S/C20H27N5/c1-5-6-17(21)18-12-24-11-16(15-7-8-15)9-19(20(24)22-18)25-10-13(2)23(4)14(25)3/h9,11-12,15,17H,2-3,5-8,10,21H2,1,4H3. The van der Waals surface area contributed by atoms with Gasteiger partial charge in [-0.2, -0.15) is 0 Å². The number of anilines is 1. The van der Waals surface area contributed by atoms with Gasteiger partial charge in [-0.25, -0.2) is 4.98 Å². The zero-order valence-electron chi connectivity index (χ0n) is 15.2. The summed E-state index contributed by atoms with van der Waals surface area (Å²) < 4.78 is 2.15. The van der Waals surface area contributed by atoms with Crippen molar-refractivity contribution in [1.82, 2.24) is 14.3 Å². The maximum atomic E-state index is 6.33. The predicted molar refractivity (Wildman–Crippen MR) is 102 cm³/mol. The molecule has 1 saturated carbocycles. The molecule has 1 saturated heterocycles. The van der Waals surface area contributed by atoms with Crippen LogP contribution in [0.3, 0.4) is 0 Å². The minimum Gasteiger partial charge on any atom is -0.334 e. The molecule has 2 aromatic rings. The highest BCUT2D eigenvalue weighted by atomic mass is 15.4. The molecule has 1 aliphatic carbocycles. The molecule has 2 aromatic heterocycles. The number of aromatic nitrogens is 2. The normalized spacial score (nSPS) is 19.3. The molecule has 0 bridgehead atoms. The molecule has 132 valence electrons. The maximum Gasteiger partial charge on any atom is 0.161 e. The van der Waals surface area contributed by atoms with Crippen LogP contribution in [0.15, 0.2) is 43.1 Å². The van der Waals surface area contributed by atoms with Crippen molar-refractivity contribution in [1.29, 1.82) is 0 Å². The lowest BCUT2D eigenvalue weighted by Gasteiger charge is -2.21. The van der Waals surface area contributed by atoms with Crippen molar-refractivity contribution in [2.75, 3.05) is 18.5 Å². The van der Waals surface area contributed by atoms with Gasteiger partial charge in [-0.15, -0.1) is 0 Å². The van der Waals surface area contributed by atoms with Gasteiger partial charge in [-0.3, -0.25) is 0 Å². The lowest BCUT2D eigenvalue weighted by molar-refractivity contribution is 0.566. The Labute approximate surface area is 149 Å². The molecule has 0 radical (unpaired) electrons. The van der Waals surface area contributed by atoms with E-state index in [1.54, 1.807) is 0 Å². The zero-order valence-corrected chi connectivity index (χ0v) is 15.2. The van der Waals surface area contributed by atoms with Crippen LogP contribution >= 0.6 is 0 Å². The Bertz CT molecular complexity index is 845. The third-order valence-corrected chi connectivity index (χ3v) is 5.40. The number of hydrogen-bond acceptors (Lipinski definition) is 4. The third-order valence-electron chi connectivity index (χ3n) is 5.40. The van der Waals surface area contributed by atoms with E-state index < -0.39 is 0 Å². The number of hydrogen-bond donors (Lipinski definition) is 1. The Kier molecular flexibility index (Phi) is 3.84. The van der Waals surface area contributed by atoms with Crippen molar-refractivity contribution in [2.24, 2.45) is 5.73 Å². The fourth-order valence-corrected chi connectivity index (χ4v) is 3.56. The predicted octanol–water partition coefficient (Wildman–Crippen LogP) is 3.75. The van der Waals surface area contributed by atoms with E-state index in [4.69, 9.17) is 10.7 Å². The van der Waals surface area contributed by atoms with Crippen LogP contribution in [0.25, 0.3) is 5.65 Å². The van der Waals surface area contributed by atoms with Crippen LogP contribution in [-0.4, -0.2) is 27.9 Å². The van der Waals surface area contributed by atoms with Crippen LogP contribution < -0.4 is 10.6 Å². The molecule has 2 aliphatic rings. The van der Waals surface area contributed by atoms with E-state index in [1.807, 2.05) is 11.9 Å². The summed E-state index contributed by atoms with van der Waals surface area (Å²) in [6.07, 6.45) is 8.88. The summed E-state index contributed by atoms with van der Waals surface area (Å²) in [5.74, 6) is 1.62. The van der Waals surface area contributed by atoms with Crippen LogP contribution in [0.5, 0.6) is 0 Å². The molecule has 1 atom stereocenters. The third kappa shape index (κ3) is 2.72. The molecule has 0 aromatic carbocycles. The summed E-state index contributed by atoms with van der Waals surface area (Å²) in [4.78, 5) is 9.15. The molecule has 1 unspecified atom stereocenters. The molecular formula is C20H27N5. The first-order valence-electron chi connectivity index (χ1n) is 9.15. The lowest BCUT2D eigenvalue weighted by Crippen LogP contribution is -2.20. The van der Waals surface area contributed by atoms with Gasteiger partial charge in [-0.1, -0.05) is 26.5 Å². The van der Waals surface area contributed by atoms with Gasteiger partial charge < -0.3 is 19.9 Å². The van der Waals surface area contributed by atoms with Gasteiger partial charge >= 0.3 is 0 Å². The second-order valence-corrected chi connectivity index (χ2v) is 7.35. The molecule has 4 rings (SSSR count). The molecular weight excluding hydrogens is 310 g/mol. The highest BCUT2D eigenvalue weighted by Gasteiger charge is 2.30. The van der Waals surface area contributed by atoms with Crippen LogP contribution in [0.4, 0.5) is 5.69 Å². The Morgan fingerprint density at radius 3 is 2.68 bits per heavy atom. The van der Waals surface area contributed by atoms with Crippen LogP contribution in [0.1, 0.15) is 55.8 Å². The number of pyridine rings is 1. The average Bonchev–Trinajstić information content (AvgIpc) is 3.30. The summed E-state index contributed by atoms with van der Waals surface area (Å²) in [5, 5.41) is 0. The number of nitrogens with two attached hydrogens (primary N) is 1. The summed E-state index contributed by atoms with van der Waals surface area (Å²) in [5.41, 5.74) is 11.8. The number of fused-ring (bicyclic) bond motifs is 1. The minimum absolute atomic E-state index is 0.0125. The van der Waals surface area contributed by atoms with Gasteiger partial charge in [0.25, 0.3) is 0 Å². The van der Waals surface area contributed by atoms with Gasteiger partial charge in [0.1, 0.15) is 5.82 Å². The summed E-state index contributed by atoms with van der Waals surface area (Å²) in [6.45, 7) is 11.3. The van der Waals surface area contributed by atoms with E-state index in [-0.39, 0.29) is 6.04 Å². The first-order valence-corrected chi connectivity index (χ1v) is 9.15. The van der Waals surface area contributed by atoms with E-state index in [1.165, 1.54) is 18.4 Å². The van der Waals surface area contributed by atoms with Crippen molar-refractivity contribution in [2.45, 2.75) is 44.6 Å². The van der Waals surface area contributed by atoms with Gasteiger partial charge in [-0.05, 0) is 36.8 Å². The van der Waals surface area contributed by atoms with Crippen molar-refractivity contribution >= 4 is 11.3 Å². The molecule has 1 aliphatic heterocycles. The topological polar surface area (TPSA) is 49.8 Å². The Morgan fingerprint density at radius 1 is 1.32 bits per heavy atom. The molecule has 25 heavy (non-hydrogen) atoms. The number of rotatable bonds is 5. The van der Waals surface area contributed by atoms with E-state index >= 15 is 0 Å². The molecule has 5 nitrogen and oxygen atoms in total. The second-order valence-electron chi connectivity index (χ2n) is 7.35. The largest absolute Gasteiger partial charge is 0.334 e. The van der Waals surface area contributed by atoms with Crippen molar-refractivity contribution in [3.05, 3.63) is 54.4 Å². The Balaban J connectivity index is 1.83. The number of likely N-dealkylation sites (N-methyl/N-ethyl adjacent to an activating group) is 1. The zero-order chi connectivity index (χ0) is 17.7. The van der Waals surface area contributed by atoms with Gasteiger partial charge in [0.2, 0.25) is 0 Å². The minimum atomic E-state index is -0.0125. The highest BCUT2D eigenvalue weighted by molar-refractivity contribution is 5.74. The van der Waals surface area contributed by atoms with Gasteiger partial charge in [0, 0.05) is 31.2 Å². The Morgan fingerprint density at radius 2 is 2.08 bits per heavy atom. The highest BCUT2D eigenvalue weighted by Crippen LogP contribution is 2.43. The molecule has 0 spiro atoms. The molecule has 2 N–H and O–H groups in total. The smallest absolute Gasteiger partial charge is 0.161 e. The average molecular weight is 337 g/mol. The fraction of sp³-hybridized carbons (Fsp3) is 0.450. The van der Waals surface area contributed by atoms with Crippen LogP contribution in [-0.2, 0) is 0 Å². The van der Waals surface area contributed by atoms with Crippen molar-refractivity contribution < 1.29 is 0 Å². The van der Waals surface area contributed by atoms with E-state index in [0.717, 1.165) is 47.9 Å². The van der Waals surface area contributed by atoms with Crippen LogP contribution in [0, 0.1) is 0 Å². The Hall–Kier alpha value is -2.27. The quantitative estimate of drug-likeness (QED) is 0.903. The first-order chi connectivity index (χ1) is 12.0. The monoisotopic (exact) mass is 337 g/mol. The SMILES string of the molecule is C=C1CN(c2cc(C3CC3)cn3cc(C(N)CCC)nc23)C(=C)N1C. The maximum absolute atomic E-state index is 6.33. The number of nitrogens with zero attached hydrogens (tertiary/aromatic N) is 4. The molecule has 5 heteroatoms. The van der Waals surface area contributed by atoms with Gasteiger partial charge in [0.15, 0.2) is 5.65 Å².